The summed E-state index contributed by atoms with van der Waals surface area (Å²) in [7, 11) is 1.24. The number of carbonyl (C=O) groups excluding carboxylic acids is 3. The van der Waals surface area contributed by atoms with Crippen molar-refractivity contribution in [2.75, 3.05) is 19.0 Å². The number of esters is 1. The van der Waals surface area contributed by atoms with Crippen molar-refractivity contribution >= 4 is 23.3 Å². The van der Waals surface area contributed by atoms with Crippen LogP contribution in [0.5, 0.6) is 11.5 Å². The zero-order valence-corrected chi connectivity index (χ0v) is 17.5. The lowest BCUT2D eigenvalue weighted by Gasteiger charge is -2.17. The van der Waals surface area contributed by atoms with E-state index in [-0.39, 0.29) is 23.0 Å². The Hall–Kier alpha value is -3.49. The van der Waals surface area contributed by atoms with Gasteiger partial charge in [0, 0.05) is 16.7 Å². The van der Waals surface area contributed by atoms with Gasteiger partial charge >= 0.3 is 12.6 Å². The second kappa shape index (κ2) is 10.0. The first-order chi connectivity index (χ1) is 14.5. The van der Waals surface area contributed by atoms with E-state index in [0.717, 1.165) is 6.07 Å². The average molecular weight is 435 g/mol. The molecule has 0 aliphatic carbocycles. The number of ether oxygens (including phenoxy) is 3. The van der Waals surface area contributed by atoms with Crippen LogP contribution < -0.4 is 14.8 Å². The molecule has 31 heavy (non-hydrogen) atoms. The van der Waals surface area contributed by atoms with Crippen molar-refractivity contribution in [3.05, 3.63) is 53.6 Å². The van der Waals surface area contributed by atoms with E-state index in [1.165, 1.54) is 31.4 Å². The standard InChI is InChI=1S/C22H23F2NO6/c1-22(2,3)20(28)25-15-8-5-13(6-9-15)16(26)12-30-19(27)14-7-10-17(31-21(23)24)18(11-14)29-4/h5-11,21H,12H2,1-4H3,(H,25,28). The minimum Gasteiger partial charge on any atom is -0.493 e. The number of ketones is 1. The number of Topliss-reactive ketones (excluding diaryl/α,β-unsaturated/α-hetero) is 1. The Bertz CT molecular complexity index is 951. The van der Waals surface area contributed by atoms with E-state index in [1.54, 1.807) is 32.9 Å². The molecule has 2 rings (SSSR count). The fraction of sp³-hybridized carbons (Fsp3) is 0.318. The maximum Gasteiger partial charge on any atom is 0.387 e. The number of methoxy groups -OCH3 is 1. The zero-order valence-electron chi connectivity index (χ0n) is 17.5. The van der Waals surface area contributed by atoms with Crippen molar-refractivity contribution in [1.82, 2.24) is 0 Å². The highest BCUT2D eigenvalue weighted by Crippen LogP contribution is 2.29. The van der Waals surface area contributed by atoms with Gasteiger partial charge in [0.15, 0.2) is 23.9 Å². The molecule has 2 aromatic rings. The first kappa shape index (κ1) is 23.8. The molecule has 0 spiro atoms. The maximum atomic E-state index is 12.4. The fourth-order valence-electron chi connectivity index (χ4n) is 2.34. The van der Waals surface area contributed by atoms with E-state index in [2.05, 4.69) is 10.1 Å². The maximum absolute atomic E-state index is 12.4. The van der Waals surface area contributed by atoms with Gasteiger partial charge in [-0.2, -0.15) is 8.78 Å². The molecule has 0 unspecified atom stereocenters. The van der Waals surface area contributed by atoms with Crippen LogP contribution in [0.15, 0.2) is 42.5 Å². The van der Waals surface area contributed by atoms with Gasteiger partial charge < -0.3 is 19.5 Å². The largest absolute Gasteiger partial charge is 0.493 e. The lowest BCUT2D eigenvalue weighted by molar-refractivity contribution is -0.123. The minimum absolute atomic E-state index is 0.00602. The van der Waals surface area contributed by atoms with Crippen LogP contribution >= 0.6 is 0 Å². The monoisotopic (exact) mass is 435 g/mol. The molecule has 166 valence electrons. The number of hydrogen-bond acceptors (Lipinski definition) is 6. The summed E-state index contributed by atoms with van der Waals surface area (Å²) in [5.74, 6) is -1.75. The predicted octanol–water partition coefficient (Wildman–Crippen LogP) is 4.32. The number of rotatable bonds is 8. The topological polar surface area (TPSA) is 90.9 Å². The molecule has 1 amide bonds. The molecule has 0 atom stereocenters. The SMILES string of the molecule is COc1cc(C(=O)OCC(=O)c2ccc(NC(=O)C(C)(C)C)cc2)ccc1OC(F)F. The van der Waals surface area contributed by atoms with Crippen molar-refractivity contribution in [1.29, 1.82) is 0 Å². The lowest BCUT2D eigenvalue weighted by Crippen LogP contribution is -2.27. The molecule has 9 heteroatoms. The molecule has 0 fully saturated rings. The summed E-state index contributed by atoms with van der Waals surface area (Å²) in [5, 5.41) is 2.74. The summed E-state index contributed by atoms with van der Waals surface area (Å²) in [6.07, 6.45) is 0. The second-order valence-corrected chi connectivity index (χ2v) is 7.52. The highest BCUT2D eigenvalue weighted by Gasteiger charge is 2.21. The first-order valence-electron chi connectivity index (χ1n) is 9.26. The Morgan fingerprint density at radius 3 is 2.13 bits per heavy atom. The highest BCUT2D eigenvalue weighted by molar-refractivity contribution is 6.00. The fourth-order valence-corrected chi connectivity index (χ4v) is 2.34. The van der Waals surface area contributed by atoms with E-state index in [0.29, 0.717) is 11.3 Å². The summed E-state index contributed by atoms with van der Waals surface area (Å²) >= 11 is 0. The van der Waals surface area contributed by atoms with Gasteiger partial charge in [0.2, 0.25) is 5.91 Å². The number of nitrogens with one attached hydrogen (secondary N) is 1. The van der Waals surface area contributed by atoms with Crippen LogP contribution in [-0.2, 0) is 9.53 Å². The van der Waals surface area contributed by atoms with Gasteiger partial charge in [-0.3, -0.25) is 9.59 Å². The predicted molar refractivity (Wildman–Crippen MR) is 109 cm³/mol. The summed E-state index contributed by atoms with van der Waals surface area (Å²) in [6.45, 7) is 1.78. The lowest BCUT2D eigenvalue weighted by atomic mass is 9.95. The number of benzene rings is 2. The van der Waals surface area contributed by atoms with Crippen molar-refractivity contribution in [2.45, 2.75) is 27.4 Å². The van der Waals surface area contributed by atoms with Crippen molar-refractivity contribution in [3.63, 3.8) is 0 Å². The van der Waals surface area contributed by atoms with Crippen molar-refractivity contribution in [3.8, 4) is 11.5 Å². The van der Waals surface area contributed by atoms with E-state index in [1.807, 2.05) is 0 Å². The van der Waals surface area contributed by atoms with Crippen LogP contribution in [0.2, 0.25) is 0 Å². The highest BCUT2D eigenvalue weighted by atomic mass is 19.3. The van der Waals surface area contributed by atoms with Gasteiger partial charge in [0.1, 0.15) is 0 Å². The number of halogens is 2. The summed E-state index contributed by atoms with van der Waals surface area (Å²) in [5.41, 5.74) is 0.271. The Morgan fingerprint density at radius 2 is 1.58 bits per heavy atom. The molecule has 0 heterocycles. The van der Waals surface area contributed by atoms with Crippen LogP contribution in [0.4, 0.5) is 14.5 Å². The third-order valence-electron chi connectivity index (χ3n) is 4.10. The van der Waals surface area contributed by atoms with Gasteiger partial charge in [0.25, 0.3) is 0 Å². The summed E-state index contributed by atoms with van der Waals surface area (Å²) in [4.78, 5) is 36.5. The third-order valence-corrected chi connectivity index (χ3v) is 4.10. The van der Waals surface area contributed by atoms with E-state index >= 15 is 0 Å². The van der Waals surface area contributed by atoms with Crippen molar-refractivity contribution in [2.24, 2.45) is 5.41 Å². The quantitative estimate of drug-likeness (QED) is 0.491. The summed E-state index contributed by atoms with van der Waals surface area (Å²) < 4.78 is 39.0. The minimum atomic E-state index is -3.04. The number of amides is 1. The van der Waals surface area contributed by atoms with E-state index < -0.39 is 30.4 Å². The Kier molecular flexibility index (Phi) is 7.68. The Labute approximate surface area is 178 Å². The molecule has 0 aliphatic heterocycles. The summed E-state index contributed by atoms with van der Waals surface area (Å²) in [6, 6.07) is 9.71. The number of anilines is 1. The third kappa shape index (κ3) is 6.77. The molecular weight excluding hydrogens is 412 g/mol. The number of carbonyl (C=O) groups is 3. The van der Waals surface area contributed by atoms with Crippen LogP contribution in [0, 0.1) is 5.41 Å². The molecule has 1 N–H and O–H groups in total. The van der Waals surface area contributed by atoms with Crippen LogP contribution in [-0.4, -0.2) is 38.0 Å². The van der Waals surface area contributed by atoms with Gasteiger partial charge in [-0.1, -0.05) is 20.8 Å². The molecule has 0 bridgehead atoms. The number of hydrogen-bond donors (Lipinski definition) is 1. The van der Waals surface area contributed by atoms with Gasteiger partial charge in [-0.25, -0.2) is 4.79 Å². The molecule has 0 saturated carbocycles. The van der Waals surface area contributed by atoms with Crippen LogP contribution in [0.1, 0.15) is 41.5 Å². The zero-order chi connectivity index (χ0) is 23.2. The molecule has 0 saturated heterocycles. The van der Waals surface area contributed by atoms with Gasteiger partial charge in [-0.15, -0.1) is 0 Å². The number of alkyl halides is 2. The van der Waals surface area contributed by atoms with E-state index in [9.17, 15) is 23.2 Å². The molecule has 7 nitrogen and oxygen atoms in total. The normalized spacial score (nSPS) is 11.1. The van der Waals surface area contributed by atoms with Crippen molar-refractivity contribution < 1.29 is 37.4 Å². The van der Waals surface area contributed by atoms with Gasteiger partial charge in [-0.05, 0) is 42.5 Å². The smallest absolute Gasteiger partial charge is 0.387 e. The van der Waals surface area contributed by atoms with Gasteiger partial charge in [0.05, 0.1) is 12.7 Å². The second-order valence-electron chi connectivity index (χ2n) is 7.52. The molecular formula is C22H23F2NO6. The average Bonchev–Trinajstić information content (AvgIpc) is 2.71. The van der Waals surface area contributed by atoms with Crippen LogP contribution in [0.3, 0.4) is 0 Å². The molecule has 2 aromatic carbocycles. The first-order valence-corrected chi connectivity index (χ1v) is 9.26. The Morgan fingerprint density at radius 1 is 0.968 bits per heavy atom. The Balaban J connectivity index is 1.97. The molecule has 0 aromatic heterocycles. The molecule has 0 radical (unpaired) electrons. The van der Waals surface area contributed by atoms with E-state index in [4.69, 9.17) is 9.47 Å². The molecule has 0 aliphatic rings. The van der Waals surface area contributed by atoms with Crippen LogP contribution in [0.25, 0.3) is 0 Å².